The van der Waals surface area contributed by atoms with Crippen LogP contribution >= 0.6 is 0 Å². The summed E-state index contributed by atoms with van der Waals surface area (Å²) in [7, 11) is 0. The number of carbonyl (C=O) groups excluding carboxylic acids is 1. The number of carbonyl (C=O) groups is 1. The van der Waals surface area contributed by atoms with E-state index in [1.165, 1.54) is 0 Å². The van der Waals surface area contributed by atoms with Crippen molar-refractivity contribution in [3.05, 3.63) is 78.5 Å². The highest BCUT2D eigenvalue weighted by atomic mass is 16.5. The molecular formula is C27H29N5O2. The average Bonchev–Trinajstić information content (AvgIpc) is 3.41. The molecule has 5 rings (SSSR count). The van der Waals surface area contributed by atoms with Gasteiger partial charge in [0.1, 0.15) is 0 Å². The lowest BCUT2D eigenvalue weighted by atomic mass is 10.0. The third kappa shape index (κ3) is 5.38. The zero-order valence-corrected chi connectivity index (χ0v) is 19.3. The number of benzene rings is 2. The average molecular weight is 456 g/mol. The van der Waals surface area contributed by atoms with Crippen LogP contribution in [0.1, 0.15) is 35.3 Å². The molecule has 0 aliphatic carbocycles. The van der Waals surface area contributed by atoms with Gasteiger partial charge in [0, 0.05) is 56.1 Å². The van der Waals surface area contributed by atoms with E-state index in [1.807, 2.05) is 53.5 Å². The maximum Gasteiger partial charge on any atom is 0.162 e. The number of aromatic nitrogens is 4. The predicted octanol–water partition coefficient (Wildman–Crippen LogP) is 4.38. The van der Waals surface area contributed by atoms with E-state index in [1.54, 1.807) is 6.20 Å². The zero-order valence-electron chi connectivity index (χ0n) is 19.3. The van der Waals surface area contributed by atoms with E-state index in [4.69, 9.17) is 14.7 Å². The molecular weight excluding hydrogens is 426 g/mol. The Bertz CT molecular complexity index is 1230. The number of nitrogens with zero attached hydrogens (tertiary/aromatic N) is 5. The first kappa shape index (κ1) is 22.4. The molecule has 0 unspecified atom stereocenters. The second-order valence-corrected chi connectivity index (χ2v) is 8.66. The molecule has 0 radical (unpaired) electrons. The van der Waals surface area contributed by atoms with E-state index >= 15 is 0 Å². The minimum atomic E-state index is 0.146. The Hall–Kier alpha value is -3.42. The molecule has 0 saturated carbocycles. The Kier molecular flexibility index (Phi) is 7.02. The van der Waals surface area contributed by atoms with Gasteiger partial charge in [-0.3, -0.25) is 9.69 Å². The van der Waals surface area contributed by atoms with Gasteiger partial charge in [0.15, 0.2) is 5.78 Å². The topological polar surface area (TPSA) is 73.1 Å². The molecule has 2 aromatic heterocycles. The number of imidazole rings is 1. The number of hydrogen-bond acceptors (Lipinski definition) is 6. The Morgan fingerprint density at radius 2 is 1.82 bits per heavy atom. The van der Waals surface area contributed by atoms with Crippen LogP contribution in [0.3, 0.4) is 0 Å². The van der Waals surface area contributed by atoms with Gasteiger partial charge in [-0.05, 0) is 31.0 Å². The summed E-state index contributed by atoms with van der Waals surface area (Å²) < 4.78 is 7.54. The summed E-state index contributed by atoms with van der Waals surface area (Å²) in [5.41, 5.74) is 5.15. The SMILES string of the molecule is O=C(CCCCn1ccnc1)c1ccc2nc(CN3CCOCC3)c(-c3ccccc3)nc2c1. The molecule has 4 aromatic rings. The molecule has 7 heteroatoms. The number of Topliss-reactive ketones (excluding diaryl/α,β-unsaturated/α-hetero) is 1. The largest absolute Gasteiger partial charge is 0.379 e. The van der Waals surface area contributed by atoms with Gasteiger partial charge in [0.25, 0.3) is 0 Å². The van der Waals surface area contributed by atoms with Gasteiger partial charge >= 0.3 is 0 Å². The summed E-state index contributed by atoms with van der Waals surface area (Å²) in [4.78, 5) is 29.2. The lowest BCUT2D eigenvalue weighted by Crippen LogP contribution is -2.36. The van der Waals surface area contributed by atoms with Crippen molar-refractivity contribution in [3.8, 4) is 11.3 Å². The molecule has 0 bridgehead atoms. The second-order valence-electron chi connectivity index (χ2n) is 8.66. The smallest absolute Gasteiger partial charge is 0.162 e. The first-order valence-electron chi connectivity index (χ1n) is 11.9. The minimum absolute atomic E-state index is 0.146. The van der Waals surface area contributed by atoms with Crippen LogP contribution in [0.15, 0.2) is 67.3 Å². The molecule has 174 valence electrons. The monoisotopic (exact) mass is 455 g/mol. The quantitative estimate of drug-likeness (QED) is 0.276. The van der Waals surface area contributed by atoms with Crippen LogP contribution in [0.2, 0.25) is 0 Å². The third-order valence-electron chi connectivity index (χ3n) is 6.21. The zero-order chi connectivity index (χ0) is 23.2. The highest BCUT2D eigenvalue weighted by Gasteiger charge is 2.17. The van der Waals surface area contributed by atoms with Crippen LogP contribution in [0.25, 0.3) is 22.3 Å². The van der Waals surface area contributed by atoms with Crippen molar-refractivity contribution in [3.63, 3.8) is 0 Å². The van der Waals surface area contributed by atoms with Gasteiger partial charge in [0.2, 0.25) is 0 Å². The Labute approximate surface area is 199 Å². The van der Waals surface area contributed by atoms with E-state index in [9.17, 15) is 4.79 Å². The molecule has 2 aromatic carbocycles. The van der Waals surface area contributed by atoms with Crippen LogP contribution in [-0.2, 0) is 17.8 Å². The maximum absolute atomic E-state index is 12.8. The fraction of sp³-hybridized carbons (Fsp3) is 0.333. The fourth-order valence-corrected chi connectivity index (χ4v) is 4.32. The normalized spacial score (nSPS) is 14.5. The van der Waals surface area contributed by atoms with Gasteiger partial charge in [-0.25, -0.2) is 15.0 Å². The van der Waals surface area contributed by atoms with Gasteiger partial charge in [-0.2, -0.15) is 0 Å². The van der Waals surface area contributed by atoms with Gasteiger partial charge < -0.3 is 9.30 Å². The van der Waals surface area contributed by atoms with E-state index in [0.717, 1.165) is 80.2 Å². The van der Waals surface area contributed by atoms with Crippen molar-refractivity contribution in [1.29, 1.82) is 0 Å². The van der Waals surface area contributed by atoms with Gasteiger partial charge in [-0.15, -0.1) is 0 Å². The Morgan fingerprint density at radius 1 is 0.971 bits per heavy atom. The first-order valence-corrected chi connectivity index (χ1v) is 11.9. The molecule has 1 aliphatic heterocycles. The molecule has 1 fully saturated rings. The summed E-state index contributed by atoms with van der Waals surface area (Å²) >= 11 is 0. The van der Waals surface area contributed by atoms with Crippen LogP contribution in [-0.4, -0.2) is 56.5 Å². The molecule has 1 saturated heterocycles. The van der Waals surface area contributed by atoms with Crippen LogP contribution < -0.4 is 0 Å². The molecule has 0 N–H and O–H groups in total. The number of unbranched alkanes of at least 4 members (excludes halogenated alkanes) is 1. The Morgan fingerprint density at radius 3 is 2.62 bits per heavy atom. The number of ketones is 1. The van der Waals surface area contributed by atoms with Gasteiger partial charge in [-0.1, -0.05) is 30.3 Å². The number of hydrogen-bond donors (Lipinski definition) is 0. The van der Waals surface area contributed by atoms with Gasteiger partial charge in [0.05, 0.1) is 42.0 Å². The fourth-order valence-electron chi connectivity index (χ4n) is 4.32. The summed E-state index contributed by atoms with van der Waals surface area (Å²) in [6, 6.07) is 15.9. The van der Waals surface area contributed by atoms with E-state index < -0.39 is 0 Å². The van der Waals surface area contributed by atoms with Crippen molar-refractivity contribution in [2.75, 3.05) is 26.3 Å². The highest BCUT2D eigenvalue weighted by molar-refractivity contribution is 5.99. The molecule has 3 heterocycles. The molecule has 7 nitrogen and oxygen atoms in total. The van der Waals surface area contributed by atoms with E-state index in [-0.39, 0.29) is 5.78 Å². The van der Waals surface area contributed by atoms with Crippen molar-refractivity contribution in [2.45, 2.75) is 32.4 Å². The van der Waals surface area contributed by atoms with Crippen molar-refractivity contribution < 1.29 is 9.53 Å². The number of morpholine rings is 1. The molecule has 0 spiro atoms. The summed E-state index contributed by atoms with van der Waals surface area (Å²) in [5, 5.41) is 0. The van der Waals surface area contributed by atoms with Crippen molar-refractivity contribution in [2.24, 2.45) is 0 Å². The highest BCUT2D eigenvalue weighted by Crippen LogP contribution is 2.25. The maximum atomic E-state index is 12.8. The van der Waals surface area contributed by atoms with E-state index in [0.29, 0.717) is 12.0 Å². The number of fused-ring (bicyclic) bond motifs is 1. The van der Waals surface area contributed by atoms with E-state index in [2.05, 4.69) is 22.0 Å². The van der Waals surface area contributed by atoms with Crippen LogP contribution in [0.4, 0.5) is 0 Å². The molecule has 0 amide bonds. The summed E-state index contributed by atoms with van der Waals surface area (Å²) in [6.07, 6.45) is 7.83. The summed E-state index contributed by atoms with van der Waals surface area (Å²) in [5.74, 6) is 0.146. The Balaban J connectivity index is 1.36. The van der Waals surface area contributed by atoms with Crippen LogP contribution in [0, 0.1) is 0 Å². The first-order chi connectivity index (χ1) is 16.8. The lowest BCUT2D eigenvalue weighted by molar-refractivity contribution is 0.0337. The number of aryl methyl sites for hydroxylation is 1. The lowest BCUT2D eigenvalue weighted by Gasteiger charge is -2.26. The predicted molar refractivity (Wildman–Crippen MR) is 131 cm³/mol. The molecule has 1 aliphatic rings. The minimum Gasteiger partial charge on any atom is -0.379 e. The van der Waals surface area contributed by atoms with Crippen LogP contribution in [0.5, 0.6) is 0 Å². The molecule has 34 heavy (non-hydrogen) atoms. The number of ether oxygens (including phenoxy) is 1. The standard InChI is InChI=1S/C27H29N5O2/c33-26(8-4-5-12-32-13-11-28-20-32)22-9-10-23-24(18-22)30-27(21-6-2-1-3-7-21)25(29-23)19-31-14-16-34-17-15-31/h1-3,6-7,9-11,13,18,20H,4-5,8,12,14-17,19H2. The summed E-state index contributed by atoms with van der Waals surface area (Å²) in [6.45, 7) is 4.88. The number of rotatable bonds is 9. The van der Waals surface area contributed by atoms with Crippen molar-refractivity contribution in [1.82, 2.24) is 24.4 Å². The molecule has 0 atom stereocenters. The third-order valence-corrected chi connectivity index (χ3v) is 6.21. The van der Waals surface area contributed by atoms with Crippen molar-refractivity contribution >= 4 is 16.8 Å². The second kappa shape index (κ2) is 10.7.